The van der Waals surface area contributed by atoms with Crippen molar-refractivity contribution in [1.29, 1.82) is 0 Å². The Balaban J connectivity index is 1.73. The lowest BCUT2D eigenvalue weighted by Gasteiger charge is -2.36. The van der Waals surface area contributed by atoms with Crippen LogP contribution in [0.3, 0.4) is 0 Å². The van der Waals surface area contributed by atoms with Crippen LogP contribution in [0.15, 0.2) is 22.8 Å². The second-order valence-electron chi connectivity index (χ2n) is 4.80. The van der Waals surface area contributed by atoms with E-state index in [4.69, 9.17) is 9.52 Å². The molecule has 0 unspecified atom stereocenters. The summed E-state index contributed by atoms with van der Waals surface area (Å²) in [7, 11) is 0. The number of hydrogen-bond donors (Lipinski definition) is 2. The summed E-state index contributed by atoms with van der Waals surface area (Å²) >= 11 is 0. The molecule has 0 atom stereocenters. The van der Waals surface area contributed by atoms with Crippen LogP contribution in [0, 0.1) is 5.41 Å². The first-order chi connectivity index (χ1) is 8.62. The molecule has 1 heterocycles. The van der Waals surface area contributed by atoms with Crippen LogP contribution < -0.4 is 5.32 Å². The maximum Gasteiger partial charge on any atom is 0.310 e. The van der Waals surface area contributed by atoms with Crippen molar-refractivity contribution >= 4 is 11.9 Å². The molecule has 1 aliphatic carbocycles. The summed E-state index contributed by atoms with van der Waals surface area (Å²) in [6.45, 7) is 0.474. The third-order valence-electron chi connectivity index (χ3n) is 3.54. The average Bonchev–Trinajstić information content (AvgIpc) is 2.76. The number of amides is 1. The molecule has 1 aromatic rings. The van der Waals surface area contributed by atoms with Crippen LogP contribution in [0.4, 0.5) is 0 Å². The quantitative estimate of drug-likeness (QED) is 0.804. The van der Waals surface area contributed by atoms with Gasteiger partial charge in [0.15, 0.2) is 0 Å². The van der Waals surface area contributed by atoms with Crippen molar-refractivity contribution in [2.24, 2.45) is 5.41 Å². The van der Waals surface area contributed by atoms with Crippen molar-refractivity contribution in [2.75, 3.05) is 6.54 Å². The molecule has 0 saturated heterocycles. The smallest absolute Gasteiger partial charge is 0.310 e. The van der Waals surface area contributed by atoms with Gasteiger partial charge in [0.05, 0.1) is 11.7 Å². The van der Waals surface area contributed by atoms with Gasteiger partial charge in [0.25, 0.3) is 0 Å². The van der Waals surface area contributed by atoms with Crippen LogP contribution in [0.5, 0.6) is 0 Å². The summed E-state index contributed by atoms with van der Waals surface area (Å²) in [4.78, 5) is 22.8. The van der Waals surface area contributed by atoms with E-state index in [0.29, 0.717) is 25.8 Å². The van der Waals surface area contributed by atoms with E-state index in [1.165, 1.54) is 0 Å². The molecule has 18 heavy (non-hydrogen) atoms. The normalized spacial score (nSPS) is 16.9. The maximum atomic E-state index is 11.7. The number of carbonyl (C=O) groups excluding carboxylic acids is 1. The highest BCUT2D eigenvalue weighted by Gasteiger charge is 2.45. The first kappa shape index (κ1) is 12.7. The van der Waals surface area contributed by atoms with E-state index < -0.39 is 11.4 Å². The molecule has 5 nitrogen and oxygen atoms in total. The van der Waals surface area contributed by atoms with Gasteiger partial charge in [0, 0.05) is 19.4 Å². The molecular weight excluding hydrogens is 234 g/mol. The van der Waals surface area contributed by atoms with Crippen LogP contribution in [0.25, 0.3) is 0 Å². The molecule has 2 rings (SSSR count). The van der Waals surface area contributed by atoms with Gasteiger partial charge in [-0.25, -0.2) is 0 Å². The van der Waals surface area contributed by atoms with Crippen molar-refractivity contribution in [3.8, 4) is 0 Å². The van der Waals surface area contributed by atoms with Crippen molar-refractivity contribution < 1.29 is 19.1 Å². The summed E-state index contributed by atoms with van der Waals surface area (Å²) < 4.78 is 5.14. The number of carbonyl (C=O) groups is 2. The van der Waals surface area contributed by atoms with Crippen molar-refractivity contribution in [3.05, 3.63) is 24.2 Å². The lowest BCUT2D eigenvalue weighted by molar-refractivity contribution is -0.157. The van der Waals surface area contributed by atoms with E-state index >= 15 is 0 Å². The molecule has 1 fully saturated rings. The fourth-order valence-corrected chi connectivity index (χ4v) is 2.22. The van der Waals surface area contributed by atoms with Gasteiger partial charge in [-0.1, -0.05) is 6.42 Å². The SMILES string of the molecule is O=C(CC1(C(=O)O)CCC1)NCCc1ccco1. The monoisotopic (exact) mass is 251 g/mol. The number of aliphatic carboxylic acids is 1. The summed E-state index contributed by atoms with van der Waals surface area (Å²) in [5.74, 6) is -0.231. The Kier molecular flexibility index (Phi) is 3.69. The molecule has 0 radical (unpaired) electrons. The van der Waals surface area contributed by atoms with Crippen LogP contribution in [-0.4, -0.2) is 23.5 Å². The van der Waals surface area contributed by atoms with Gasteiger partial charge in [0.1, 0.15) is 5.76 Å². The minimum Gasteiger partial charge on any atom is -0.481 e. The molecule has 0 aliphatic heterocycles. The Morgan fingerprint density at radius 2 is 2.22 bits per heavy atom. The molecule has 1 aromatic heterocycles. The fourth-order valence-electron chi connectivity index (χ4n) is 2.22. The second-order valence-corrected chi connectivity index (χ2v) is 4.80. The standard InChI is InChI=1S/C13H17NO4/c15-11(9-13(12(16)17)5-2-6-13)14-7-4-10-3-1-8-18-10/h1,3,8H,2,4-7,9H2,(H,14,15)(H,16,17). The number of nitrogens with one attached hydrogen (secondary N) is 1. The van der Waals surface area contributed by atoms with E-state index in [0.717, 1.165) is 12.2 Å². The van der Waals surface area contributed by atoms with Gasteiger partial charge in [-0.05, 0) is 25.0 Å². The molecule has 1 saturated carbocycles. The highest BCUT2D eigenvalue weighted by Crippen LogP contribution is 2.44. The van der Waals surface area contributed by atoms with Crippen LogP contribution >= 0.6 is 0 Å². The van der Waals surface area contributed by atoms with Gasteiger partial charge in [-0.15, -0.1) is 0 Å². The molecular formula is C13H17NO4. The molecule has 0 aromatic carbocycles. The van der Waals surface area contributed by atoms with E-state index in [2.05, 4.69) is 5.32 Å². The Labute approximate surface area is 105 Å². The number of carboxylic acids is 1. The number of carboxylic acid groups (broad SMARTS) is 1. The summed E-state index contributed by atoms with van der Waals surface area (Å²) in [6.07, 6.45) is 4.40. The van der Waals surface area contributed by atoms with Gasteiger partial charge >= 0.3 is 5.97 Å². The van der Waals surface area contributed by atoms with Gasteiger partial charge < -0.3 is 14.8 Å². The van der Waals surface area contributed by atoms with Gasteiger partial charge in [-0.3, -0.25) is 9.59 Å². The third kappa shape index (κ3) is 2.72. The molecule has 2 N–H and O–H groups in total. The Morgan fingerprint density at radius 3 is 2.72 bits per heavy atom. The summed E-state index contributed by atoms with van der Waals surface area (Å²) in [6, 6.07) is 3.64. The molecule has 0 spiro atoms. The van der Waals surface area contributed by atoms with Crippen molar-refractivity contribution in [1.82, 2.24) is 5.32 Å². The molecule has 1 amide bonds. The van der Waals surface area contributed by atoms with E-state index in [9.17, 15) is 9.59 Å². The topological polar surface area (TPSA) is 79.5 Å². The zero-order chi connectivity index (χ0) is 13.0. The van der Waals surface area contributed by atoms with E-state index in [-0.39, 0.29) is 12.3 Å². The average molecular weight is 251 g/mol. The third-order valence-corrected chi connectivity index (χ3v) is 3.54. The van der Waals surface area contributed by atoms with Crippen LogP contribution in [0.1, 0.15) is 31.4 Å². The van der Waals surface area contributed by atoms with E-state index in [1.807, 2.05) is 6.07 Å². The lowest BCUT2D eigenvalue weighted by Crippen LogP contribution is -2.42. The van der Waals surface area contributed by atoms with Crippen molar-refractivity contribution in [3.63, 3.8) is 0 Å². The minimum absolute atomic E-state index is 0.0838. The lowest BCUT2D eigenvalue weighted by atomic mass is 9.66. The highest BCUT2D eigenvalue weighted by molar-refractivity contribution is 5.85. The van der Waals surface area contributed by atoms with Crippen LogP contribution in [0.2, 0.25) is 0 Å². The predicted molar refractivity (Wildman–Crippen MR) is 64.0 cm³/mol. The first-order valence-corrected chi connectivity index (χ1v) is 6.15. The summed E-state index contributed by atoms with van der Waals surface area (Å²) in [5, 5.41) is 11.9. The molecule has 98 valence electrons. The molecule has 0 bridgehead atoms. The minimum atomic E-state index is -0.852. The number of furan rings is 1. The van der Waals surface area contributed by atoms with Gasteiger partial charge in [0.2, 0.25) is 5.91 Å². The highest BCUT2D eigenvalue weighted by atomic mass is 16.4. The van der Waals surface area contributed by atoms with Crippen molar-refractivity contribution in [2.45, 2.75) is 32.1 Å². The second kappa shape index (κ2) is 5.25. The molecule has 5 heteroatoms. The zero-order valence-corrected chi connectivity index (χ0v) is 10.1. The molecule has 1 aliphatic rings. The number of hydrogen-bond acceptors (Lipinski definition) is 3. The largest absolute Gasteiger partial charge is 0.481 e. The van der Waals surface area contributed by atoms with Crippen LogP contribution in [-0.2, 0) is 16.0 Å². The summed E-state index contributed by atoms with van der Waals surface area (Å²) in [5.41, 5.74) is -0.811. The van der Waals surface area contributed by atoms with E-state index in [1.54, 1.807) is 12.3 Å². The zero-order valence-electron chi connectivity index (χ0n) is 10.1. The number of rotatable bonds is 6. The fraction of sp³-hybridized carbons (Fsp3) is 0.538. The Morgan fingerprint density at radius 1 is 1.44 bits per heavy atom. The Bertz CT molecular complexity index is 420. The predicted octanol–water partition coefficient (Wildman–Crippen LogP) is 1.58. The Hall–Kier alpha value is -1.78. The first-order valence-electron chi connectivity index (χ1n) is 6.15. The maximum absolute atomic E-state index is 11.7. The van der Waals surface area contributed by atoms with Gasteiger partial charge in [-0.2, -0.15) is 0 Å².